The van der Waals surface area contributed by atoms with Gasteiger partial charge in [0, 0.05) is 31.9 Å². The summed E-state index contributed by atoms with van der Waals surface area (Å²) in [7, 11) is 0. The Morgan fingerprint density at radius 1 is 1.29 bits per heavy atom. The monoisotopic (exact) mass is 230 g/mol. The molecule has 1 fully saturated rings. The van der Waals surface area contributed by atoms with E-state index in [0.29, 0.717) is 11.3 Å². The predicted molar refractivity (Wildman–Crippen MR) is 69.9 cm³/mol. The van der Waals surface area contributed by atoms with Gasteiger partial charge in [0.15, 0.2) is 0 Å². The number of nitrogen functional groups attached to an aromatic ring is 1. The zero-order chi connectivity index (χ0) is 12.3. The Labute approximate surface area is 102 Å². The zero-order valence-electron chi connectivity index (χ0n) is 10.2. The van der Waals surface area contributed by atoms with Gasteiger partial charge in [-0.1, -0.05) is 6.92 Å². The van der Waals surface area contributed by atoms with Crippen molar-refractivity contribution in [2.75, 3.05) is 43.4 Å². The fourth-order valence-corrected chi connectivity index (χ4v) is 2.22. The Kier molecular flexibility index (Phi) is 3.50. The number of rotatable bonds is 2. The average Bonchev–Trinajstić information content (AvgIpc) is 2.39. The summed E-state index contributed by atoms with van der Waals surface area (Å²) >= 11 is 0. The van der Waals surface area contributed by atoms with Crippen LogP contribution in [0.5, 0.6) is 0 Å². The van der Waals surface area contributed by atoms with E-state index < -0.39 is 0 Å². The number of piperazine rings is 1. The summed E-state index contributed by atoms with van der Waals surface area (Å²) in [6.45, 7) is 7.36. The van der Waals surface area contributed by atoms with Crippen molar-refractivity contribution in [2.24, 2.45) is 0 Å². The molecule has 0 bridgehead atoms. The third kappa shape index (κ3) is 2.51. The third-order valence-electron chi connectivity index (χ3n) is 3.30. The van der Waals surface area contributed by atoms with Gasteiger partial charge >= 0.3 is 0 Å². The Morgan fingerprint density at radius 2 is 2.00 bits per heavy atom. The first kappa shape index (κ1) is 11.7. The summed E-state index contributed by atoms with van der Waals surface area (Å²) in [6, 6.07) is 7.79. The van der Waals surface area contributed by atoms with E-state index in [2.05, 4.69) is 22.8 Å². The molecule has 0 spiro atoms. The lowest BCUT2D eigenvalue weighted by Gasteiger charge is -2.35. The van der Waals surface area contributed by atoms with Gasteiger partial charge in [0.2, 0.25) is 0 Å². The second-order valence-corrected chi connectivity index (χ2v) is 4.31. The minimum Gasteiger partial charge on any atom is -0.399 e. The molecule has 0 atom stereocenters. The predicted octanol–water partition coefficient (Wildman–Crippen LogP) is 1.28. The second-order valence-electron chi connectivity index (χ2n) is 4.31. The summed E-state index contributed by atoms with van der Waals surface area (Å²) in [6.07, 6.45) is 0. The summed E-state index contributed by atoms with van der Waals surface area (Å²) in [5.74, 6) is 0. The molecule has 0 aromatic heterocycles. The van der Waals surface area contributed by atoms with E-state index in [9.17, 15) is 0 Å². The van der Waals surface area contributed by atoms with Crippen molar-refractivity contribution in [3.63, 3.8) is 0 Å². The molecule has 2 N–H and O–H groups in total. The lowest BCUT2D eigenvalue weighted by Crippen LogP contribution is -2.46. The maximum Gasteiger partial charge on any atom is 0.101 e. The molecule has 4 heteroatoms. The SMILES string of the molecule is CCN1CCN(c2ccc(N)cc2C#N)CC1. The van der Waals surface area contributed by atoms with Gasteiger partial charge in [0.25, 0.3) is 0 Å². The fraction of sp³-hybridized carbons (Fsp3) is 0.462. The maximum atomic E-state index is 9.13. The summed E-state index contributed by atoms with van der Waals surface area (Å²) in [4.78, 5) is 4.68. The fourth-order valence-electron chi connectivity index (χ4n) is 2.22. The van der Waals surface area contributed by atoms with Crippen LogP contribution in [0.1, 0.15) is 12.5 Å². The highest BCUT2D eigenvalue weighted by atomic mass is 15.3. The first-order chi connectivity index (χ1) is 8.24. The van der Waals surface area contributed by atoms with Gasteiger partial charge in [0.05, 0.1) is 11.3 Å². The van der Waals surface area contributed by atoms with Gasteiger partial charge in [-0.05, 0) is 24.7 Å². The van der Waals surface area contributed by atoms with Crippen LogP contribution < -0.4 is 10.6 Å². The van der Waals surface area contributed by atoms with E-state index in [4.69, 9.17) is 11.0 Å². The topological polar surface area (TPSA) is 56.3 Å². The molecule has 1 heterocycles. The van der Waals surface area contributed by atoms with Crippen LogP contribution in [0.15, 0.2) is 18.2 Å². The molecular formula is C13H18N4. The average molecular weight is 230 g/mol. The molecule has 1 aliphatic rings. The molecule has 0 aliphatic carbocycles. The van der Waals surface area contributed by atoms with E-state index in [1.54, 1.807) is 6.07 Å². The lowest BCUT2D eigenvalue weighted by atomic mass is 10.1. The third-order valence-corrected chi connectivity index (χ3v) is 3.30. The number of hydrogen-bond donors (Lipinski definition) is 1. The minimum atomic E-state index is 0.650. The highest BCUT2D eigenvalue weighted by molar-refractivity contribution is 5.64. The molecule has 1 aromatic carbocycles. The molecule has 2 rings (SSSR count). The van der Waals surface area contributed by atoms with Crippen molar-refractivity contribution in [1.82, 2.24) is 4.90 Å². The van der Waals surface area contributed by atoms with Crippen molar-refractivity contribution in [3.8, 4) is 6.07 Å². The van der Waals surface area contributed by atoms with Crippen molar-refractivity contribution < 1.29 is 0 Å². The Morgan fingerprint density at radius 3 is 2.59 bits per heavy atom. The molecular weight excluding hydrogens is 212 g/mol. The van der Waals surface area contributed by atoms with Gasteiger partial charge in [0.1, 0.15) is 6.07 Å². The van der Waals surface area contributed by atoms with E-state index in [1.807, 2.05) is 12.1 Å². The van der Waals surface area contributed by atoms with Crippen molar-refractivity contribution in [3.05, 3.63) is 23.8 Å². The second kappa shape index (κ2) is 5.07. The normalized spacial score (nSPS) is 16.8. The molecule has 1 saturated heterocycles. The molecule has 4 nitrogen and oxygen atoms in total. The Hall–Kier alpha value is -1.73. The molecule has 1 aromatic rings. The number of likely N-dealkylation sites (N-methyl/N-ethyl adjacent to an activating group) is 1. The zero-order valence-corrected chi connectivity index (χ0v) is 10.2. The number of anilines is 2. The van der Waals surface area contributed by atoms with E-state index in [-0.39, 0.29) is 0 Å². The van der Waals surface area contributed by atoms with Gasteiger partial charge in [-0.2, -0.15) is 5.26 Å². The summed E-state index contributed by atoms with van der Waals surface area (Å²) in [5, 5.41) is 9.13. The summed E-state index contributed by atoms with van der Waals surface area (Å²) < 4.78 is 0. The standard InChI is InChI=1S/C13H18N4/c1-2-16-5-7-17(8-6-16)13-4-3-12(15)9-11(13)10-14/h3-4,9H,2,5-8,15H2,1H3. The molecule has 0 amide bonds. The number of benzene rings is 1. The Bertz CT molecular complexity index is 428. The van der Waals surface area contributed by atoms with Gasteiger partial charge < -0.3 is 15.5 Å². The molecule has 90 valence electrons. The number of nitrogens with zero attached hydrogens (tertiary/aromatic N) is 3. The van der Waals surface area contributed by atoms with Crippen LogP contribution in [0.2, 0.25) is 0 Å². The van der Waals surface area contributed by atoms with Gasteiger partial charge in [-0.3, -0.25) is 0 Å². The van der Waals surface area contributed by atoms with E-state index in [0.717, 1.165) is 38.4 Å². The van der Waals surface area contributed by atoms with Crippen LogP contribution >= 0.6 is 0 Å². The highest BCUT2D eigenvalue weighted by Gasteiger charge is 2.18. The maximum absolute atomic E-state index is 9.13. The molecule has 0 radical (unpaired) electrons. The molecule has 1 aliphatic heterocycles. The molecule has 0 unspecified atom stereocenters. The van der Waals surface area contributed by atoms with Crippen LogP contribution in [0.3, 0.4) is 0 Å². The van der Waals surface area contributed by atoms with Crippen LogP contribution in [-0.2, 0) is 0 Å². The van der Waals surface area contributed by atoms with Gasteiger partial charge in [-0.25, -0.2) is 0 Å². The number of nitriles is 1. The lowest BCUT2D eigenvalue weighted by molar-refractivity contribution is 0.271. The van der Waals surface area contributed by atoms with Crippen molar-refractivity contribution in [2.45, 2.75) is 6.92 Å². The molecule has 17 heavy (non-hydrogen) atoms. The van der Waals surface area contributed by atoms with E-state index in [1.165, 1.54) is 0 Å². The number of nitrogens with two attached hydrogens (primary N) is 1. The highest BCUT2D eigenvalue weighted by Crippen LogP contribution is 2.23. The van der Waals surface area contributed by atoms with Crippen LogP contribution in [0.4, 0.5) is 11.4 Å². The minimum absolute atomic E-state index is 0.650. The van der Waals surface area contributed by atoms with Gasteiger partial charge in [-0.15, -0.1) is 0 Å². The first-order valence-electron chi connectivity index (χ1n) is 6.01. The van der Waals surface area contributed by atoms with Crippen molar-refractivity contribution in [1.29, 1.82) is 5.26 Å². The largest absolute Gasteiger partial charge is 0.399 e. The van der Waals surface area contributed by atoms with E-state index >= 15 is 0 Å². The van der Waals surface area contributed by atoms with Crippen LogP contribution in [0, 0.1) is 11.3 Å². The number of hydrogen-bond acceptors (Lipinski definition) is 4. The first-order valence-corrected chi connectivity index (χ1v) is 6.01. The smallest absolute Gasteiger partial charge is 0.101 e. The van der Waals surface area contributed by atoms with Crippen LogP contribution in [-0.4, -0.2) is 37.6 Å². The summed E-state index contributed by atoms with van der Waals surface area (Å²) in [5.41, 5.74) is 8.04. The Balaban J connectivity index is 2.16. The molecule has 0 saturated carbocycles. The quantitative estimate of drug-likeness (QED) is 0.778. The van der Waals surface area contributed by atoms with Crippen LogP contribution in [0.25, 0.3) is 0 Å². The van der Waals surface area contributed by atoms with Crippen molar-refractivity contribution >= 4 is 11.4 Å².